The second-order valence-electron chi connectivity index (χ2n) is 3.06. The Kier molecular flexibility index (Phi) is 4.58. The molecule has 0 fully saturated rings. The smallest absolute Gasteiger partial charge is 0.222 e. The van der Waals surface area contributed by atoms with Crippen molar-refractivity contribution in [2.24, 2.45) is 0 Å². The van der Waals surface area contributed by atoms with Crippen LogP contribution in [-0.4, -0.2) is 34.8 Å². The Morgan fingerprint density at radius 2 is 2.33 bits per heavy atom. The van der Waals surface area contributed by atoms with Gasteiger partial charge in [0, 0.05) is 19.7 Å². The van der Waals surface area contributed by atoms with Gasteiger partial charge in [-0.3, -0.25) is 0 Å². The molecule has 1 aromatic heterocycles. The van der Waals surface area contributed by atoms with Gasteiger partial charge in [-0.15, -0.1) is 0 Å². The second-order valence-corrected chi connectivity index (χ2v) is 3.46. The summed E-state index contributed by atoms with van der Waals surface area (Å²) in [5.41, 5.74) is 5.49. The van der Waals surface area contributed by atoms with E-state index in [-0.39, 0.29) is 12.6 Å². The molecular formula is C9H15ClN4O. The summed E-state index contributed by atoms with van der Waals surface area (Å²) in [5.74, 6) is 0.831. The number of nitrogens with two attached hydrogens (primary N) is 1. The second kappa shape index (κ2) is 5.72. The van der Waals surface area contributed by atoms with Crippen molar-refractivity contribution in [3.05, 3.63) is 11.2 Å². The highest BCUT2D eigenvalue weighted by atomic mass is 35.5. The van der Waals surface area contributed by atoms with E-state index >= 15 is 0 Å². The van der Waals surface area contributed by atoms with Gasteiger partial charge in [0.15, 0.2) is 5.82 Å². The Hall–Kier alpha value is -1.07. The first-order chi connectivity index (χ1) is 7.19. The van der Waals surface area contributed by atoms with Gasteiger partial charge >= 0.3 is 0 Å². The molecular weight excluding hydrogens is 216 g/mol. The number of aromatic nitrogens is 2. The molecule has 0 aliphatic heterocycles. The number of aliphatic hydroxyl groups is 1. The van der Waals surface area contributed by atoms with E-state index in [1.165, 1.54) is 6.20 Å². The van der Waals surface area contributed by atoms with Gasteiger partial charge < -0.3 is 15.7 Å². The van der Waals surface area contributed by atoms with Crippen molar-refractivity contribution in [3.63, 3.8) is 0 Å². The Morgan fingerprint density at radius 1 is 1.60 bits per heavy atom. The summed E-state index contributed by atoms with van der Waals surface area (Å²) in [6, 6.07) is 0. The first-order valence-corrected chi connectivity index (χ1v) is 5.20. The van der Waals surface area contributed by atoms with Crippen molar-refractivity contribution in [1.29, 1.82) is 0 Å². The lowest BCUT2D eigenvalue weighted by Gasteiger charge is -2.22. The minimum absolute atomic E-state index is 0.148. The number of halogens is 1. The highest BCUT2D eigenvalue weighted by Crippen LogP contribution is 2.22. The lowest BCUT2D eigenvalue weighted by Crippen LogP contribution is -2.26. The molecule has 0 radical (unpaired) electrons. The topological polar surface area (TPSA) is 75.3 Å². The summed E-state index contributed by atoms with van der Waals surface area (Å²) in [7, 11) is 0. The number of anilines is 2. The number of hydrogen-bond acceptors (Lipinski definition) is 5. The third-order valence-electron chi connectivity index (χ3n) is 2.01. The van der Waals surface area contributed by atoms with Gasteiger partial charge in [-0.1, -0.05) is 11.6 Å². The van der Waals surface area contributed by atoms with Crippen LogP contribution in [0.2, 0.25) is 5.02 Å². The van der Waals surface area contributed by atoms with Crippen LogP contribution in [-0.2, 0) is 0 Å². The van der Waals surface area contributed by atoms with E-state index in [0.29, 0.717) is 23.8 Å². The van der Waals surface area contributed by atoms with Crippen molar-refractivity contribution < 1.29 is 5.11 Å². The molecule has 3 N–H and O–H groups in total. The van der Waals surface area contributed by atoms with Crippen LogP contribution in [0.1, 0.15) is 13.3 Å². The van der Waals surface area contributed by atoms with Gasteiger partial charge in [-0.05, 0) is 13.3 Å². The molecule has 0 saturated carbocycles. The lowest BCUT2D eigenvalue weighted by molar-refractivity contribution is 0.289. The minimum atomic E-state index is 0.148. The number of nitrogens with zero attached hydrogens (tertiary/aromatic N) is 3. The maximum absolute atomic E-state index is 8.76. The summed E-state index contributed by atoms with van der Waals surface area (Å²) in [6.45, 7) is 3.60. The predicted octanol–water partition coefficient (Wildman–Crippen LogP) is 0.921. The summed E-state index contributed by atoms with van der Waals surface area (Å²) in [4.78, 5) is 9.83. The molecule has 1 aromatic rings. The van der Waals surface area contributed by atoms with Crippen LogP contribution < -0.4 is 10.6 Å². The first-order valence-electron chi connectivity index (χ1n) is 4.82. The number of nitrogen functional groups attached to an aromatic ring is 1. The molecule has 0 spiro atoms. The van der Waals surface area contributed by atoms with Gasteiger partial charge in [0.2, 0.25) is 5.95 Å². The number of hydrogen-bond donors (Lipinski definition) is 2. The molecule has 0 unspecified atom stereocenters. The van der Waals surface area contributed by atoms with E-state index < -0.39 is 0 Å². The SMILES string of the molecule is CCN(CCCO)c1nc(N)ncc1Cl. The average molecular weight is 231 g/mol. The van der Waals surface area contributed by atoms with Crippen LogP contribution in [0.4, 0.5) is 11.8 Å². The zero-order valence-electron chi connectivity index (χ0n) is 8.65. The normalized spacial score (nSPS) is 10.3. The molecule has 0 aliphatic rings. The Bertz CT molecular complexity index is 321. The van der Waals surface area contributed by atoms with E-state index in [9.17, 15) is 0 Å². The first kappa shape index (κ1) is 12.0. The standard InChI is InChI=1S/C9H15ClN4O/c1-2-14(4-3-5-15)8-7(10)6-12-9(11)13-8/h6,15H,2-5H2,1H3,(H2,11,12,13). The highest BCUT2D eigenvalue weighted by molar-refractivity contribution is 6.32. The fourth-order valence-electron chi connectivity index (χ4n) is 1.27. The molecule has 0 aromatic carbocycles. The molecule has 5 nitrogen and oxygen atoms in total. The Balaban J connectivity index is 2.85. The van der Waals surface area contributed by atoms with Gasteiger partial charge in [0.1, 0.15) is 5.02 Å². The largest absolute Gasteiger partial charge is 0.396 e. The summed E-state index contributed by atoms with van der Waals surface area (Å²) < 4.78 is 0. The molecule has 0 bridgehead atoms. The van der Waals surface area contributed by atoms with Crippen molar-refractivity contribution in [2.75, 3.05) is 30.3 Å². The van der Waals surface area contributed by atoms with Crippen molar-refractivity contribution >= 4 is 23.4 Å². The maximum Gasteiger partial charge on any atom is 0.222 e. The summed E-state index contributed by atoms with van der Waals surface area (Å²) >= 11 is 5.96. The van der Waals surface area contributed by atoms with Crippen LogP contribution in [0, 0.1) is 0 Å². The summed E-state index contributed by atoms with van der Waals surface area (Å²) in [6.07, 6.45) is 2.16. The third kappa shape index (κ3) is 3.21. The molecule has 1 heterocycles. The average Bonchev–Trinajstić information content (AvgIpc) is 2.24. The third-order valence-corrected chi connectivity index (χ3v) is 2.28. The monoisotopic (exact) mass is 230 g/mol. The minimum Gasteiger partial charge on any atom is -0.396 e. The van der Waals surface area contributed by atoms with Crippen LogP contribution in [0.5, 0.6) is 0 Å². The van der Waals surface area contributed by atoms with Crippen molar-refractivity contribution in [3.8, 4) is 0 Å². The van der Waals surface area contributed by atoms with E-state index in [1.807, 2.05) is 11.8 Å². The van der Waals surface area contributed by atoms with Crippen LogP contribution in [0.25, 0.3) is 0 Å². The van der Waals surface area contributed by atoms with Gasteiger partial charge in [-0.25, -0.2) is 4.98 Å². The quantitative estimate of drug-likeness (QED) is 0.787. The van der Waals surface area contributed by atoms with Gasteiger partial charge in [0.05, 0.1) is 6.20 Å². The van der Waals surface area contributed by atoms with E-state index in [4.69, 9.17) is 22.4 Å². The van der Waals surface area contributed by atoms with Crippen LogP contribution in [0.15, 0.2) is 6.20 Å². The van der Waals surface area contributed by atoms with E-state index in [0.717, 1.165) is 6.54 Å². The molecule has 15 heavy (non-hydrogen) atoms. The van der Waals surface area contributed by atoms with Gasteiger partial charge in [0.25, 0.3) is 0 Å². The molecule has 1 rings (SSSR count). The van der Waals surface area contributed by atoms with Crippen LogP contribution in [0.3, 0.4) is 0 Å². The van der Waals surface area contributed by atoms with E-state index in [2.05, 4.69) is 9.97 Å². The number of rotatable bonds is 5. The molecule has 6 heteroatoms. The fourth-order valence-corrected chi connectivity index (χ4v) is 1.48. The van der Waals surface area contributed by atoms with Crippen molar-refractivity contribution in [2.45, 2.75) is 13.3 Å². The zero-order valence-corrected chi connectivity index (χ0v) is 9.41. The van der Waals surface area contributed by atoms with Crippen LogP contribution >= 0.6 is 11.6 Å². The molecule has 0 aliphatic carbocycles. The molecule has 84 valence electrons. The zero-order chi connectivity index (χ0) is 11.3. The van der Waals surface area contributed by atoms with Gasteiger partial charge in [-0.2, -0.15) is 4.98 Å². The lowest BCUT2D eigenvalue weighted by atomic mass is 10.3. The predicted molar refractivity (Wildman–Crippen MR) is 61.0 cm³/mol. The summed E-state index contributed by atoms with van der Waals surface area (Å²) in [5, 5.41) is 9.24. The van der Waals surface area contributed by atoms with Crippen molar-refractivity contribution in [1.82, 2.24) is 9.97 Å². The number of aliphatic hydroxyl groups excluding tert-OH is 1. The molecule has 0 saturated heterocycles. The Morgan fingerprint density at radius 3 is 2.93 bits per heavy atom. The molecule has 0 amide bonds. The Labute approximate surface area is 93.9 Å². The molecule has 0 atom stereocenters. The highest BCUT2D eigenvalue weighted by Gasteiger charge is 2.10. The van der Waals surface area contributed by atoms with E-state index in [1.54, 1.807) is 0 Å². The maximum atomic E-state index is 8.76. The fraction of sp³-hybridized carbons (Fsp3) is 0.556.